The normalized spacial score (nSPS) is 10.8. The van der Waals surface area contributed by atoms with E-state index in [0.29, 0.717) is 11.8 Å². The number of halogens is 3. The summed E-state index contributed by atoms with van der Waals surface area (Å²) in [7, 11) is 0. The molecule has 0 radical (unpaired) electrons. The predicted octanol–water partition coefficient (Wildman–Crippen LogP) is 1.92. The van der Waals surface area contributed by atoms with E-state index in [0.717, 1.165) is 0 Å². The number of rotatable bonds is 7. The average molecular weight is 354 g/mol. The van der Waals surface area contributed by atoms with Gasteiger partial charge in [-0.3, -0.25) is 4.79 Å². The second-order valence-corrected chi connectivity index (χ2v) is 4.72. The fourth-order valence-electron chi connectivity index (χ4n) is 1.81. The van der Waals surface area contributed by atoms with E-state index in [4.69, 9.17) is 0 Å². The number of anilines is 1. The summed E-state index contributed by atoms with van der Waals surface area (Å²) in [6.07, 6.45) is -1.68. The number of nitrogens with one attached hydrogen (secondary N) is 2. The zero-order valence-electron chi connectivity index (χ0n) is 12.7. The maximum absolute atomic E-state index is 12.2. The van der Waals surface area contributed by atoms with Crippen molar-refractivity contribution >= 4 is 18.1 Å². The van der Waals surface area contributed by atoms with E-state index in [1.807, 2.05) is 0 Å². The molecule has 0 saturated carbocycles. The molecule has 10 heteroatoms. The Bertz CT molecular complexity index is 736. The molecule has 7 nitrogen and oxygen atoms in total. The predicted molar refractivity (Wildman–Crippen MR) is 80.9 cm³/mol. The van der Waals surface area contributed by atoms with Crippen LogP contribution in [0.2, 0.25) is 0 Å². The number of ether oxygens (including phenoxy) is 1. The van der Waals surface area contributed by atoms with E-state index in [1.54, 1.807) is 6.07 Å². The van der Waals surface area contributed by atoms with Gasteiger partial charge in [-0.15, -0.1) is 13.2 Å². The van der Waals surface area contributed by atoms with Gasteiger partial charge in [0.1, 0.15) is 12.0 Å². The molecule has 132 valence electrons. The molecule has 25 heavy (non-hydrogen) atoms. The molecule has 0 saturated heterocycles. The van der Waals surface area contributed by atoms with Gasteiger partial charge in [0.25, 0.3) is 5.91 Å². The molecule has 1 amide bonds. The van der Waals surface area contributed by atoms with Crippen molar-refractivity contribution in [3.8, 4) is 5.75 Å². The maximum atomic E-state index is 12.2. The molecule has 1 aromatic heterocycles. The third-order valence-electron chi connectivity index (χ3n) is 2.84. The number of carbonyl (C=O) groups excluding carboxylic acids is 2. The number of benzene rings is 1. The summed E-state index contributed by atoms with van der Waals surface area (Å²) in [5.74, 6) is -0.625. The van der Waals surface area contributed by atoms with Gasteiger partial charge >= 0.3 is 6.36 Å². The number of nitrogens with zero attached hydrogens (tertiary/aromatic N) is 2. The lowest BCUT2D eigenvalue weighted by Crippen LogP contribution is -2.25. The summed E-state index contributed by atoms with van der Waals surface area (Å²) in [5.41, 5.74) is 0.700. The Kier molecular flexibility index (Phi) is 5.88. The second kappa shape index (κ2) is 8.08. The molecule has 0 bridgehead atoms. The number of aldehydes is 1. The van der Waals surface area contributed by atoms with Gasteiger partial charge in [-0.05, 0) is 17.7 Å². The van der Waals surface area contributed by atoms with Gasteiger partial charge in [-0.2, -0.15) is 0 Å². The molecule has 0 aliphatic carbocycles. The summed E-state index contributed by atoms with van der Waals surface area (Å²) >= 11 is 0. The zero-order valence-corrected chi connectivity index (χ0v) is 12.7. The molecule has 0 atom stereocenters. The first-order chi connectivity index (χ1) is 11.9. The average Bonchev–Trinajstić information content (AvgIpc) is 2.57. The smallest absolute Gasteiger partial charge is 0.406 e. The van der Waals surface area contributed by atoms with Crippen LogP contribution >= 0.6 is 0 Å². The maximum Gasteiger partial charge on any atom is 0.573 e. The van der Waals surface area contributed by atoms with Gasteiger partial charge < -0.3 is 20.2 Å². The van der Waals surface area contributed by atoms with Crippen LogP contribution in [0.15, 0.2) is 36.7 Å². The van der Waals surface area contributed by atoms with Crippen molar-refractivity contribution < 1.29 is 27.5 Å². The van der Waals surface area contributed by atoms with Crippen LogP contribution in [0.25, 0.3) is 0 Å². The van der Waals surface area contributed by atoms with Gasteiger partial charge in [0.15, 0.2) is 0 Å². The SMILES string of the molecule is O=CCNC(=O)c1cnc(NCc2cccc(OC(F)(F)F)c2)nc1. The van der Waals surface area contributed by atoms with Gasteiger partial charge in [-0.25, -0.2) is 9.97 Å². The first kappa shape index (κ1) is 18.2. The van der Waals surface area contributed by atoms with Crippen molar-refractivity contribution in [3.05, 3.63) is 47.8 Å². The highest BCUT2D eigenvalue weighted by atomic mass is 19.4. The van der Waals surface area contributed by atoms with Crippen molar-refractivity contribution in [2.24, 2.45) is 0 Å². The van der Waals surface area contributed by atoms with Crippen LogP contribution in [0, 0.1) is 0 Å². The Morgan fingerprint density at radius 1 is 1.24 bits per heavy atom. The standard InChI is InChI=1S/C15H13F3N4O3/c16-15(17,18)25-12-3-1-2-10(6-12)7-20-14-21-8-11(9-22-14)13(24)19-4-5-23/h1-3,5-6,8-9H,4,7H2,(H,19,24)(H,20,21,22). The van der Waals surface area contributed by atoms with Crippen molar-refractivity contribution in [2.75, 3.05) is 11.9 Å². The number of alkyl halides is 3. The van der Waals surface area contributed by atoms with Crippen LogP contribution in [-0.2, 0) is 11.3 Å². The quantitative estimate of drug-likeness (QED) is 0.738. The minimum atomic E-state index is -4.75. The molecule has 2 rings (SSSR count). The van der Waals surface area contributed by atoms with Crippen LogP contribution < -0.4 is 15.4 Å². The van der Waals surface area contributed by atoms with Crippen molar-refractivity contribution in [1.29, 1.82) is 0 Å². The van der Waals surface area contributed by atoms with Crippen LogP contribution in [-0.4, -0.2) is 35.1 Å². The van der Waals surface area contributed by atoms with E-state index in [-0.39, 0.29) is 30.4 Å². The van der Waals surface area contributed by atoms with Crippen LogP contribution in [0.3, 0.4) is 0 Å². The number of hydrogen-bond acceptors (Lipinski definition) is 6. The second-order valence-electron chi connectivity index (χ2n) is 4.72. The number of hydrogen-bond donors (Lipinski definition) is 2. The fourth-order valence-corrected chi connectivity index (χ4v) is 1.81. The third kappa shape index (κ3) is 6.09. The zero-order chi connectivity index (χ0) is 18.3. The lowest BCUT2D eigenvalue weighted by Gasteiger charge is -2.10. The molecule has 1 heterocycles. The van der Waals surface area contributed by atoms with Crippen molar-refractivity contribution in [3.63, 3.8) is 0 Å². The molecule has 1 aromatic carbocycles. The number of aromatic nitrogens is 2. The van der Waals surface area contributed by atoms with E-state index in [1.165, 1.54) is 30.6 Å². The van der Waals surface area contributed by atoms with Crippen molar-refractivity contribution in [2.45, 2.75) is 12.9 Å². The number of carbonyl (C=O) groups is 2. The first-order valence-electron chi connectivity index (χ1n) is 7.00. The van der Waals surface area contributed by atoms with Gasteiger partial charge in [-0.1, -0.05) is 12.1 Å². The van der Waals surface area contributed by atoms with Gasteiger partial charge in [0, 0.05) is 18.9 Å². The molecular formula is C15H13F3N4O3. The third-order valence-corrected chi connectivity index (χ3v) is 2.84. The van der Waals surface area contributed by atoms with Crippen LogP contribution in [0.4, 0.5) is 19.1 Å². The van der Waals surface area contributed by atoms with E-state index in [9.17, 15) is 22.8 Å². The fraction of sp³-hybridized carbons (Fsp3) is 0.200. The van der Waals surface area contributed by atoms with E-state index in [2.05, 4.69) is 25.3 Å². The Balaban J connectivity index is 1.94. The molecule has 0 unspecified atom stereocenters. The highest BCUT2D eigenvalue weighted by molar-refractivity contribution is 5.94. The Hall–Kier alpha value is -3.17. The van der Waals surface area contributed by atoms with E-state index < -0.39 is 12.3 Å². The molecular weight excluding hydrogens is 341 g/mol. The highest BCUT2D eigenvalue weighted by Gasteiger charge is 2.31. The lowest BCUT2D eigenvalue weighted by molar-refractivity contribution is -0.274. The molecule has 2 aromatic rings. The van der Waals surface area contributed by atoms with Gasteiger partial charge in [0.2, 0.25) is 5.95 Å². The monoisotopic (exact) mass is 354 g/mol. The minimum Gasteiger partial charge on any atom is -0.406 e. The summed E-state index contributed by atoms with van der Waals surface area (Å²) in [4.78, 5) is 29.6. The Morgan fingerprint density at radius 2 is 1.96 bits per heavy atom. The summed E-state index contributed by atoms with van der Waals surface area (Å²) in [6, 6.07) is 5.47. The Morgan fingerprint density at radius 3 is 2.60 bits per heavy atom. The van der Waals surface area contributed by atoms with Gasteiger partial charge in [0.05, 0.1) is 12.1 Å². The summed E-state index contributed by atoms with van der Waals surface area (Å²) in [6.45, 7) is 0.0426. The Labute approximate surface area is 140 Å². The lowest BCUT2D eigenvalue weighted by atomic mass is 10.2. The molecule has 0 fully saturated rings. The molecule has 0 aliphatic heterocycles. The highest BCUT2D eigenvalue weighted by Crippen LogP contribution is 2.23. The summed E-state index contributed by atoms with van der Waals surface area (Å²) in [5, 5.41) is 5.15. The minimum absolute atomic E-state index is 0.116. The molecule has 0 spiro atoms. The van der Waals surface area contributed by atoms with Crippen LogP contribution in [0.1, 0.15) is 15.9 Å². The largest absolute Gasteiger partial charge is 0.573 e. The van der Waals surface area contributed by atoms with E-state index >= 15 is 0 Å². The molecule has 2 N–H and O–H groups in total. The topological polar surface area (TPSA) is 93.2 Å². The van der Waals surface area contributed by atoms with Crippen molar-refractivity contribution in [1.82, 2.24) is 15.3 Å². The summed E-state index contributed by atoms with van der Waals surface area (Å²) < 4.78 is 40.4. The number of amides is 1. The van der Waals surface area contributed by atoms with Crippen LogP contribution in [0.5, 0.6) is 5.75 Å². The molecule has 0 aliphatic rings. The first-order valence-corrected chi connectivity index (χ1v) is 7.00.